The number of hydrazone groups is 1. The Labute approximate surface area is 158 Å². The molecular formula is C20H24N4O3. The molecule has 7 heteroatoms. The lowest BCUT2D eigenvalue weighted by molar-refractivity contribution is -0.121. The Morgan fingerprint density at radius 3 is 2.52 bits per heavy atom. The third-order valence-electron chi connectivity index (χ3n) is 4.56. The molecule has 1 aliphatic rings. The number of phenolic OH excluding ortho intramolecular Hbond substituents is 2. The summed E-state index contributed by atoms with van der Waals surface area (Å²) in [6, 6.07) is 14.5. The number of rotatable bonds is 6. The third-order valence-corrected chi connectivity index (χ3v) is 4.56. The first-order valence-electron chi connectivity index (χ1n) is 8.98. The van der Waals surface area contributed by atoms with Crippen LogP contribution in [-0.4, -0.2) is 60.0 Å². The molecule has 3 N–H and O–H groups in total. The van der Waals surface area contributed by atoms with Gasteiger partial charge >= 0.3 is 0 Å². The molecule has 1 fully saturated rings. The quantitative estimate of drug-likeness (QED) is 0.534. The first kappa shape index (κ1) is 18.7. The second-order valence-electron chi connectivity index (χ2n) is 6.45. The molecule has 27 heavy (non-hydrogen) atoms. The summed E-state index contributed by atoms with van der Waals surface area (Å²) in [5.41, 5.74) is 4.13. The van der Waals surface area contributed by atoms with Crippen LogP contribution in [0.1, 0.15) is 12.0 Å². The molecule has 0 radical (unpaired) electrons. The summed E-state index contributed by atoms with van der Waals surface area (Å²) in [5, 5.41) is 22.8. The zero-order valence-electron chi connectivity index (χ0n) is 15.1. The summed E-state index contributed by atoms with van der Waals surface area (Å²) in [7, 11) is 0. The Balaban J connectivity index is 1.38. The van der Waals surface area contributed by atoms with Crippen LogP contribution in [-0.2, 0) is 4.79 Å². The van der Waals surface area contributed by atoms with Crippen LogP contribution in [0.15, 0.2) is 53.6 Å². The number of carbonyl (C=O) groups excluding carboxylic acids is 1. The van der Waals surface area contributed by atoms with Crippen molar-refractivity contribution in [2.45, 2.75) is 6.42 Å². The Morgan fingerprint density at radius 1 is 1.07 bits per heavy atom. The zero-order valence-corrected chi connectivity index (χ0v) is 15.1. The van der Waals surface area contributed by atoms with E-state index >= 15 is 0 Å². The predicted octanol–water partition coefficient (Wildman–Crippen LogP) is 1.76. The molecule has 2 aromatic rings. The molecular weight excluding hydrogens is 344 g/mol. The van der Waals surface area contributed by atoms with Crippen LogP contribution in [0.3, 0.4) is 0 Å². The average Bonchev–Trinajstić information content (AvgIpc) is 2.69. The van der Waals surface area contributed by atoms with Crippen molar-refractivity contribution < 1.29 is 15.0 Å². The Hall–Kier alpha value is -3.06. The van der Waals surface area contributed by atoms with E-state index in [1.165, 1.54) is 30.1 Å². The van der Waals surface area contributed by atoms with Crippen LogP contribution in [0, 0.1) is 0 Å². The first-order chi connectivity index (χ1) is 13.1. The Kier molecular flexibility index (Phi) is 6.27. The topological polar surface area (TPSA) is 88.4 Å². The number of amides is 1. The van der Waals surface area contributed by atoms with Gasteiger partial charge in [-0.25, -0.2) is 5.43 Å². The van der Waals surface area contributed by atoms with E-state index in [1.54, 1.807) is 0 Å². The highest BCUT2D eigenvalue weighted by Crippen LogP contribution is 2.20. The summed E-state index contributed by atoms with van der Waals surface area (Å²) < 4.78 is 0. The van der Waals surface area contributed by atoms with Crippen LogP contribution in [0.25, 0.3) is 0 Å². The smallest absolute Gasteiger partial charge is 0.241 e. The number of anilines is 1. The number of hydrogen-bond donors (Lipinski definition) is 3. The fourth-order valence-corrected chi connectivity index (χ4v) is 3.00. The van der Waals surface area contributed by atoms with E-state index < -0.39 is 0 Å². The minimum absolute atomic E-state index is 0.0268. The van der Waals surface area contributed by atoms with Gasteiger partial charge in [-0.2, -0.15) is 5.10 Å². The van der Waals surface area contributed by atoms with E-state index in [-0.39, 0.29) is 17.4 Å². The number of phenols is 2. The van der Waals surface area contributed by atoms with Crippen molar-refractivity contribution in [3.05, 3.63) is 54.1 Å². The lowest BCUT2D eigenvalue weighted by atomic mass is 10.2. The van der Waals surface area contributed by atoms with Crippen molar-refractivity contribution in [3.8, 4) is 11.5 Å². The van der Waals surface area contributed by atoms with Gasteiger partial charge in [-0.05, 0) is 24.3 Å². The lowest BCUT2D eigenvalue weighted by Crippen LogP contribution is -2.47. The zero-order chi connectivity index (χ0) is 19.1. The fraction of sp³-hybridized carbons (Fsp3) is 0.300. The number of benzene rings is 2. The average molecular weight is 368 g/mol. The highest BCUT2D eigenvalue weighted by molar-refractivity contribution is 5.85. The molecule has 142 valence electrons. The van der Waals surface area contributed by atoms with E-state index in [2.05, 4.69) is 32.5 Å². The van der Waals surface area contributed by atoms with Crippen molar-refractivity contribution in [2.75, 3.05) is 37.6 Å². The van der Waals surface area contributed by atoms with Crippen LogP contribution >= 0.6 is 0 Å². The molecule has 1 aliphatic heterocycles. The summed E-state index contributed by atoms with van der Waals surface area (Å²) in [5.74, 6) is -0.291. The molecule has 0 unspecified atom stereocenters. The van der Waals surface area contributed by atoms with Gasteiger partial charge in [-0.3, -0.25) is 9.69 Å². The van der Waals surface area contributed by atoms with Gasteiger partial charge in [0, 0.05) is 56.5 Å². The second kappa shape index (κ2) is 9.05. The maximum Gasteiger partial charge on any atom is 0.241 e. The van der Waals surface area contributed by atoms with Gasteiger partial charge < -0.3 is 15.1 Å². The minimum atomic E-state index is -0.171. The molecule has 0 aliphatic carbocycles. The largest absolute Gasteiger partial charge is 0.508 e. The molecule has 7 nitrogen and oxygen atoms in total. The van der Waals surface area contributed by atoms with Gasteiger partial charge in [-0.1, -0.05) is 18.2 Å². The SMILES string of the molecule is O=C(CCN1CCN(c2ccccc2)CC1)N/N=C\c1ccc(O)cc1O. The van der Waals surface area contributed by atoms with Crippen LogP contribution in [0.4, 0.5) is 5.69 Å². The Morgan fingerprint density at radius 2 is 1.81 bits per heavy atom. The number of hydrogen-bond acceptors (Lipinski definition) is 6. The third kappa shape index (κ3) is 5.46. The maximum atomic E-state index is 11.9. The molecule has 3 rings (SSSR count). The molecule has 0 spiro atoms. The van der Waals surface area contributed by atoms with Crippen LogP contribution < -0.4 is 10.3 Å². The Bertz CT molecular complexity index is 787. The van der Waals surface area contributed by atoms with Crippen molar-refractivity contribution in [1.82, 2.24) is 10.3 Å². The van der Waals surface area contributed by atoms with Crippen molar-refractivity contribution in [3.63, 3.8) is 0 Å². The number of aromatic hydroxyl groups is 2. The normalized spacial score (nSPS) is 15.2. The predicted molar refractivity (Wildman–Crippen MR) is 105 cm³/mol. The van der Waals surface area contributed by atoms with Crippen molar-refractivity contribution >= 4 is 17.8 Å². The number of carbonyl (C=O) groups is 1. The summed E-state index contributed by atoms with van der Waals surface area (Å²) in [6.07, 6.45) is 1.72. The maximum absolute atomic E-state index is 11.9. The van der Waals surface area contributed by atoms with E-state index in [0.717, 1.165) is 26.2 Å². The van der Waals surface area contributed by atoms with Crippen molar-refractivity contribution in [1.29, 1.82) is 0 Å². The summed E-state index contributed by atoms with van der Waals surface area (Å²) in [6.45, 7) is 4.43. The second-order valence-corrected chi connectivity index (χ2v) is 6.45. The molecule has 0 bridgehead atoms. The molecule has 0 aromatic heterocycles. The van der Waals surface area contributed by atoms with Crippen LogP contribution in [0.2, 0.25) is 0 Å². The van der Waals surface area contributed by atoms with Gasteiger partial charge in [0.2, 0.25) is 5.91 Å². The van der Waals surface area contributed by atoms with Gasteiger partial charge in [0.15, 0.2) is 0 Å². The van der Waals surface area contributed by atoms with Gasteiger partial charge in [0.25, 0.3) is 0 Å². The lowest BCUT2D eigenvalue weighted by Gasteiger charge is -2.36. The standard InChI is InChI=1S/C20H24N4O3/c25-18-7-6-16(19(26)14-18)15-21-22-20(27)8-9-23-10-12-24(13-11-23)17-4-2-1-3-5-17/h1-7,14-15,25-26H,8-13H2,(H,22,27)/b21-15-. The number of nitrogens with zero attached hydrogens (tertiary/aromatic N) is 3. The van der Waals surface area contributed by atoms with E-state index in [1.807, 2.05) is 18.2 Å². The number of piperazine rings is 1. The molecule has 0 saturated carbocycles. The fourth-order valence-electron chi connectivity index (χ4n) is 3.00. The van der Waals surface area contributed by atoms with Gasteiger partial charge in [0.1, 0.15) is 11.5 Å². The van der Waals surface area contributed by atoms with E-state index in [0.29, 0.717) is 18.5 Å². The summed E-state index contributed by atoms with van der Waals surface area (Å²) >= 11 is 0. The van der Waals surface area contributed by atoms with Crippen LogP contribution in [0.5, 0.6) is 11.5 Å². The first-order valence-corrected chi connectivity index (χ1v) is 8.98. The number of nitrogens with one attached hydrogen (secondary N) is 1. The monoisotopic (exact) mass is 368 g/mol. The van der Waals surface area contributed by atoms with Crippen molar-refractivity contribution in [2.24, 2.45) is 5.10 Å². The van der Waals surface area contributed by atoms with E-state index in [4.69, 9.17) is 0 Å². The number of para-hydroxylation sites is 1. The molecule has 0 atom stereocenters. The molecule has 2 aromatic carbocycles. The van der Waals surface area contributed by atoms with Gasteiger partial charge in [0.05, 0.1) is 6.21 Å². The van der Waals surface area contributed by atoms with Gasteiger partial charge in [-0.15, -0.1) is 0 Å². The highest BCUT2D eigenvalue weighted by atomic mass is 16.3. The highest BCUT2D eigenvalue weighted by Gasteiger charge is 2.17. The minimum Gasteiger partial charge on any atom is -0.508 e. The molecule has 1 heterocycles. The van der Waals surface area contributed by atoms with E-state index in [9.17, 15) is 15.0 Å². The molecule has 1 saturated heterocycles. The molecule has 1 amide bonds. The summed E-state index contributed by atoms with van der Waals surface area (Å²) in [4.78, 5) is 16.6.